The average molecular weight is 298 g/mol. The molecule has 0 bridgehead atoms. The van der Waals surface area contributed by atoms with E-state index in [1.807, 2.05) is 6.07 Å². The summed E-state index contributed by atoms with van der Waals surface area (Å²) in [4.78, 5) is 4.65. The van der Waals surface area contributed by atoms with Crippen LogP contribution in [0.2, 0.25) is 0 Å². The van der Waals surface area contributed by atoms with Crippen LogP contribution in [0.1, 0.15) is 11.4 Å². The van der Waals surface area contributed by atoms with Crippen LogP contribution < -0.4 is 0 Å². The fraction of sp³-hybridized carbons (Fsp3) is 0.0952. The van der Waals surface area contributed by atoms with Gasteiger partial charge in [-0.05, 0) is 54.8 Å². The summed E-state index contributed by atoms with van der Waals surface area (Å²) in [5.74, 6) is 1.01. The van der Waals surface area contributed by atoms with E-state index in [1.54, 1.807) is 0 Å². The molecule has 0 aliphatic heterocycles. The van der Waals surface area contributed by atoms with Crippen molar-refractivity contribution in [1.82, 2.24) is 9.55 Å². The van der Waals surface area contributed by atoms with Crippen LogP contribution in [0.15, 0.2) is 72.8 Å². The maximum Gasteiger partial charge on any atom is 0.111 e. The van der Waals surface area contributed by atoms with Crippen LogP contribution in [0, 0.1) is 13.8 Å². The van der Waals surface area contributed by atoms with Gasteiger partial charge in [0.25, 0.3) is 0 Å². The zero-order chi connectivity index (χ0) is 15.8. The van der Waals surface area contributed by atoms with Crippen molar-refractivity contribution in [1.29, 1.82) is 0 Å². The maximum absolute atomic E-state index is 4.65. The summed E-state index contributed by atoms with van der Waals surface area (Å²) in [5, 5.41) is 0. The van der Waals surface area contributed by atoms with Crippen LogP contribution >= 0.6 is 0 Å². The highest BCUT2D eigenvalue weighted by Gasteiger charge is 2.09. The van der Waals surface area contributed by atoms with E-state index in [0.717, 1.165) is 22.5 Å². The number of aromatic nitrogens is 2. The molecule has 3 aromatic carbocycles. The molecule has 0 N–H and O–H groups in total. The molecule has 0 aliphatic carbocycles. The Balaban J connectivity index is 1.82. The lowest BCUT2D eigenvalue weighted by molar-refractivity contribution is 1.00. The van der Waals surface area contributed by atoms with E-state index in [0.29, 0.717) is 0 Å². The molecule has 0 radical (unpaired) electrons. The van der Waals surface area contributed by atoms with Crippen LogP contribution in [0.25, 0.3) is 27.8 Å². The molecule has 0 atom stereocenters. The molecule has 0 saturated heterocycles. The first-order valence-corrected chi connectivity index (χ1v) is 7.84. The van der Waals surface area contributed by atoms with Crippen LogP contribution in [-0.2, 0) is 0 Å². The number of fused-ring (bicyclic) bond motifs is 1. The van der Waals surface area contributed by atoms with Crippen molar-refractivity contribution in [3.05, 3.63) is 84.2 Å². The third-order valence-corrected chi connectivity index (χ3v) is 4.31. The van der Waals surface area contributed by atoms with Crippen LogP contribution in [0.4, 0.5) is 0 Å². The van der Waals surface area contributed by atoms with E-state index in [4.69, 9.17) is 0 Å². The molecule has 2 nitrogen and oxygen atoms in total. The molecule has 0 amide bonds. The van der Waals surface area contributed by atoms with Gasteiger partial charge in [0.15, 0.2) is 0 Å². The van der Waals surface area contributed by atoms with Gasteiger partial charge in [-0.15, -0.1) is 0 Å². The highest BCUT2D eigenvalue weighted by molar-refractivity contribution is 5.78. The molecule has 4 rings (SSSR count). The van der Waals surface area contributed by atoms with Gasteiger partial charge in [0, 0.05) is 5.69 Å². The lowest BCUT2D eigenvalue weighted by atomic mass is 10.0. The number of benzene rings is 3. The van der Waals surface area contributed by atoms with Gasteiger partial charge < -0.3 is 0 Å². The Labute approximate surface area is 136 Å². The number of para-hydroxylation sites is 2. The first-order valence-electron chi connectivity index (χ1n) is 7.84. The third kappa shape index (κ3) is 2.33. The Morgan fingerprint density at radius 3 is 2.22 bits per heavy atom. The summed E-state index contributed by atoms with van der Waals surface area (Å²) in [7, 11) is 0. The maximum atomic E-state index is 4.65. The molecule has 23 heavy (non-hydrogen) atoms. The molecule has 112 valence electrons. The summed E-state index contributed by atoms with van der Waals surface area (Å²) in [5.41, 5.74) is 7.15. The normalized spacial score (nSPS) is 11.0. The van der Waals surface area contributed by atoms with Crippen molar-refractivity contribution in [2.75, 3.05) is 0 Å². The fourth-order valence-electron chi connectivity index (χ4n) is 3.16. The number of hydrogen-bond donors (Lipinski definition) is 0. The summed E-state index contributed by atoms with van der Waals surface area (Å²) >= 11 is 0. The SMILES string of the molecule is Cc1ccccc1-c1ccc(-n2c(C)nc3ccccc32)cc1. The van der Waals surface area contributed by atoms with E-state index < -0.39 is 0 Å². The van der Waals surface area contributed by atoms with Crippen molar-refractivity contribution >= 4 is 11.0 Å². The largest absolute Gasteiger partial charge is 0.297 e. The first-order chi connectivity index (χ1) is 11.2. The minimum absolute atomic E-state index is 1.01. The number of imidazole rings is 1. The first kappa shape index (κ1) is 13.8. The third-order valence-electron chi connectivity index (χ3n) is 4.31. The summed E-state index contributed by atoms with van der Waals surface area (Å²) in [6.07, 6.45) is 0. The van der Waals surface area contributed by atoms with Gasteiger partial charge in [0.05, 0.1) is 11.0 Å². The Bertz CT molecular complexity index is 978. The van der Waals surface area contributed by atoms with Crippen molar-refractivity contribution in [2.24, 2.45) is 0 Å². The van der Waals surface area contributed by atoms with Gasteiger partial charge in [-0.2, -0.15) is 0 Å². The molecular weight excluding hydrogens is 280 g/mol. The van der Waals surface area contributed by atoms with Gasteiger partial charge in [-0.25, -0.2) is 4.98 Å². The smallest absolute Gasteiger partial charge is 0.111 e. The van der Waals surface area contributed by atoms with Gasteiger partial charge in [0.2, 0.25) is 0 Å². The van der Waals surface area contributed by atoms with Crippen molar-refractivity contribution in [3.8, 4) is 16.8 Å². The number of rotatable bonds is 2. The monoisotopic (exact) mass is 298 g/mol. The predicted octanol–water partition coefficient (Wildman–Crippen LogP) is 5.31. The fourth-order valence-corrected chi connectivity index (χ4v) is 3.16. The summed E-state index contributed by atoms with van der Waals surface area (Å²) in [6.45, 7) is 4.20. The highest BCUT2D eigenvalue weighted by atomic mass is 15.1. The lowest BCUT2D eigenvalue weighted by Gasteiger charge is -2.10. The molecule has 0 fully saturated rings. The summed E-state index contributed by atoms with van der Waals surface area (Å²) in [6, 6.07) is 25.5. The van der Waals surface area contributed by atoms with Crippen molar-refractivity contribution < 1.29 is 0 Å². The molecule has 0 spiro atoms. The molecular formula is C21H18N2. The number of aryl methyl sites for hydroxylation is 2. The molecule has 4 aromatic rings. The Hall–Kier alpha value is -2.87. The standard InChI is InChI=1S/C21H18N2/c1-15-7-3-4-8-19(15)17-11-13-18(14-12-17)23-16(2)22-20-9-5-6-10-21(20)23/h3-14H,1-2H3. The van der Waals surface area contributed by atoms with Gasteiger partial charge in [-0.1, -0.05) is 48.5 Å². The molecule has 0 unspecified atom stereocenters. The second-order valence-corrected chi connectivity index (χ2v) is 5.84. The Morgan fingerprint density at radius 1 is 0.739 bits per heavy atom. The second-order valence-electron chi connectivity index (χ2n) is 5.84. The van der Waals surface area contributed by atoms with E-state index in [9.17, 15) is 0 Å². The Morgan fingerprint density at radius 2 is 1.43 bits per heavy atom. The molecule has 0 aliphatic rings. The minimum Gasteiger partial charge on any atom is -0.297 e. The van der Waals surface area contributed by atoms with Crippen LogP contribution in [0.5, 0.6) is 0 Å². The molecule has 1 heterocycles. The lowest BCUT2D eigenvalue weighted by Crippen LogP contribution is -1.96. The highest BCUT2D eigenvalue weighted by Crippen LogP contribution is 2.26. The van der Waals surface area contributed by atoms with Crippen molar-refractivity contribution in [2.45, 2.75) is 13.8 Å². The number of hydrogen-bond acceptors (Lipinski definition) is 1. The van der Waals surface area contributed by atoms with Crippen LogP contribution in [-0.4, -0.2) is 9.55 Å². The zero-order valence-corrected chi connectivity index (χ0v) is 13.3. The molecule has 0 saturated carbocycles. The number of nitrogens with zero attached hydrogens (tertiary/aromatic N) is 2. The molecule has 1 aromatic heterocycles. The zero-order valence-electron chi connectivity index (χ0n) is 13.3. The van der Waals surface area contributed by atoms with Gasteiger partial charge in [0.1, 0.15) is 5.82 Å². The van der Waals surface area contributed by atoms with E-state index >= 15 is 0 Å². The van der Waals surface area contributed by atoms with E-state index in [2.05, 4.69) is 90.1 Å². The topological polar surface area (TPSA) is 17.8 Å². The van der Waals surface area contributed by atoms with E-state index in [-0.39, 0.29) is 0 Å². The Kier molecular flexibility index (Phi) is 3.23. The average Bonchev–Trinajstić information content (AvgIpc) is 2.91. The summed E-state index contributed by atoms with van der Waals surface area (Å²) < 4.78 is 2.21. The predicted molar refractivity (Wildman–Crippen MR) is 96.0 cm³/mol. The second kappa shape index (κ2) is 5.40. The van der Waals surface area contributed by atoms with Crippen molar-refractivity contribution in [3.63, 3.8) is 0 Å². The van der Waals surface area contributed by atoms with Gasteiger partial charge in [-0.3, -0.25) is 4.57 Å². The molecule has 2 heteroatoms. The van der Waals surface area contributed by atoms with Crippen LogP contribution in [0.3, 0.4) is 0 Å². The quantitative estimate of drug-likeness (QED) is 0.490. The van der Waals surface area contributed by atoms with E-state index in [1.165, 1.54) is 16.7 Å². The minimum atomic E-state index is 1.01. The van der Waals surface area contributed by atoms with Gasteiger partial charge >= 0.3 is 0 Å².